The summed E-state index contributed by atoms with van der Waals surface area (Å²) in [6.07, 6.45) is 5.82. The standard InChI is InChI=1S/C21H29N3O3/c1-27-18-7-5-17(6-8-18)24-12-15(11-19(24)25)21(26)23-20-13-3-2-4-14(20)10-16(22)9-13/h5-8,13-16,20H,2-4,9-12,22H2,1H3,(H,23,26). The first-order valence-corrected chi connectivity index (χ1v) is 10.1. The third-order valence-corrected chi connectivity index (χ3v) is 6.57. The summed E-state index contributed by atoms with van der Waals surface area (Å²) in [5, 5.41) is 3.30. The molecule has 146 valence electrons. The molecule has 1 heterocycles. The molecular formula is C21H29N3O3. The molecule has 3 N–H and O–H groups in total. The van der Waals surface area contributed by atoms with Gasteiger partial charge in [-0.2, -0.15) is 0 Å². The average Bonchev–Trinajstić information content (AvgIpc) is 3.04. The predicted octanol–water partition coefficient (Wildman–Crippen LogP) is 2.07. The molecule has 3 unspecified atom stereocenters. The van der Waals surface area contributed by atoms with Gasteiger partial charge in [0.2, 0.25) is 11.8 Å². The van der Waals surface area contributed by atoms with Crippen molar-refractivity contribution in [2.45, 2.75) is 50.6 Å². The molecule has 2 amide bonds. The maximum absolute atomic E-state index is 12.9. The van der Waals surface area contributed by atoms with E-state index >= 15 is 0 Å². The van der Waals surface area contributed by atoms with Crippen LogP contribution in [0, 0.1) is 17.8 Å². The summed E-state index contributed by atoms with van der Waals surface area (Å²) in [6, 6.07) is 7.90. The number of benzene rings is 1. The summed E-state index contributed by atoms with van der Waals surface area (Å²) in [6.45, 7) is 0.443. The first-order valence-electron chi connectivity index (χ1n) is 10.1. The van der Waals surface area contributed by atoms with E-state index in [-0.39, 0.29) is 36.2 Å². The van der Waals surface area contributed by atoms with Crippen molar-refractivity contribution in [3.05, 3.63) is 24.3 Å². The number of methoxy groups -OCH3 is 1. The maximum atomic E-state index is 12.9. The highest BCUT2D eigenvalue weighted by atomic mass is 16.5. The van der Waals surface area contributed by atoms with E-state index in [9.17, 15) is 9.59 Å². The zero-order valence-corrected chi connectivity index (χ0v) is 15.9. The van der Waals surface area contributed by atoms with Crippen molar-refractivity contribution in [3.63, 3.8) is 0 Å². The van der Waals surface area contributed by atoms with Gasteiger partial charge in [-0.3, -0.25) is 9.59 Å². The fourth-order valence-electron chi connectivity index (χ4n) is 5.20. The lowest BCUT2D eigenvalue weighted by molar-refractivity contribution is -0.128. The maximum Gasteiger partial charge on any atom is 0.227 e. The van der Waals surface area contributed by atoms with Crippen molar-refractivity contribution in [1.82, 2.24) is 5.32 Å². The van der Waals surface area contributed by atoms with E-state index in [1.54, 1.807) is 12.0 Å². The molecule has 6 heteroatoms. The molecule has 0 spiro atoms. The van der Waals surface area contributed by atoms with Crippen molar-refractivity contribution < 1.29 is 14.3 Å². The normalized spacial score (nSPS) is 33.0. The van der Waals surface area contributed by atoms with Crippen LogP contribution in [0.1, 0.15) is 38.5 Å². The molecule has 27 heavy (non-hydrogen) atoms. The Labute approximate surface area is 160 Å². The highest BCUT2D eigenvalue weighted by Crippen LogP contribution is 2.40. The van der Waals surface area contributed by atoms with Crippen molar-refractivity contribution >= 4 is 17.5 Å². The van der Waals surface area contributed by atoms with Gasteiger partial charge in [0.15, 0.2) is 0 Å². The minimum atomic E-state index is -0.282. The lowest BCUT2D eigenvalue weighted by atomic mass is 9.67. The Bertz CT molecular complexity index is 691. The quantitative estimate of drug-likeness (QED) is 0.849. The number of amides is 2. The fraction of sp³-hybridized carbons (Fsp3) is 0.619. The molecule has 1 saturated heterocycles. The number of hydrogen-bond acceptors (Lipinski definition) is 4. The first kappa shape index (κ1) is 18.3. The van der Waals surface area contributed by atoms with Gasteiger partial charge in [-0.25, -0.2) is 0 Å². The summed E-state index contributed by atoms with van der Waals surface area (Å²) in [4.78, 5) is 27.1. The number of anilines is 1. The minimum Gasteiger partial charge on any atom is -0.497 e. The fourth-order valence-corrected chi connectivity index (χ4v) is 5.20. The molecule has 3 aliphatic rings. The molecule has 3 fully saturated rings. The van der Waals surface area contributed by atoms with Crippen LogP contribution in [0.4, 0.5) is 5.69 Å². The monoisotopic (exact) mass is 371 g/mol. The van der Waals surface area contributed by atoms with Gasteiger partial charge >= 0.3 is 0 Å². The molecule has 2 saturated carbocycles. The molecule has 1 aromatic carbocycles. The van der Waals surface area contributed by atoms with Crippen molar-refractivity contribution in [2.75, 3.05) is 18.6 Å². The Kier molecular flexibility index (Phi) is 5.08. The number of rotatable bonds is 4. The van der Waals surface area contributed by atoms with Gasteiger partial charge in [0, 0.05) is 30.7 Å². The van der Waals surface area contributed by atoms with E-state index in [2.05, 4.69) is 5.32 Å². The van der Waals surface area contributed by atoms with Crippen LogP contribution >= 0.6 is 0 Å². The number of nitrogens with two attached hydrogens (primary N) is 1. The largest absolute Gasteiger partial charge is 0.497 e. The van der Waals surface area contributed by atoms with E-state index in [0.717, 1.165) is 37.1 Å². The third kappa shape index (κ3) is 3.68. The van der Waals surface area contributed by atoms with Crippen LogP contribution in [0.3, 0.4) is 0 Å². The molecule has 0 aromatic heterocycles. The van der Waals surface area contributed by atoms with Gasteiger partial charge in [0.25, 0.3) is 0 Å². The number of ether oxygens (including phenoxy) is 1. The summed E-state index contributed by atoms with van der Waals surface area (Å²) in [5.74, 6) is 1.48. The number of carbonyl (C=O) groups excluding carboxylic acids is 2. The van der Waals surface area contributed by atoms with Crippen molar-refractivity contribution in [2.24, 2.45) is 23.5 Å². The van der Waals surface area contributed by atoms with E-state index in [0.29, 0.717) is 18.4 Å². The second-order valence-electron chi connectivity index (χ2n) is 8.32. The van der Waals surface area contributed by atoms with Crippen LogP contribution in [0.5, 0.6) is 5.75 Å². The number of hydrogen-bond donors (Lipinski definition) is 2. The van der Waals surface area contributed by atoms with Crippen LogP contribution < -0.4 is 20.7 Å². The molecule has 4 rings (SSSR count). The Morgan fingerprint density at radius 3 is 2.48 bits per heavy atom. The first-order chi connectivity index (χ1) is 13.0. The molecule has 2 aliphatic carbocycles. The Morgan fingerprint density at radius 1 is 1.19 bits per heavy atom. The van der Waals surface area contributed by atoms with Gasteiger partial charge in [0.1, 0.15) is 5.75 Å². The summed E-state index contributed by atoms with van der Waals surface area (Å²) in [5.41, 5.74) is 7.00. The summed E-state index contributed by atoms with van der Waals surface area (Å²) < 4.78 is 5.17. The highest BCUT2D eigenvalue weighted by molar-refractivity contribution is 6.00. The second-order valence-corrected chi connectivity index (χ2v) is 8.32. The van der Waals surface area contributed by atoms with Crippen LogP contribution in [0.2, 0.25) is 0 Å². The van der Waals surface area contributed by atoms with Crippen LogP contribution in [0.25, 0.3) is 0 Å². The summed E-state index contributed by atoms with van der Waals surface area (Å²) in [7, 11) is 1.61. The lowest BCUT2D eigenvalue weighted by Crippen LogP contribution is -2.54. The van der Waals surface area contributed by atoms with Gasteiger partial charge < -0.3 is 20.7 Å². The SMILES string of the molecule is COc1ccc(N2CC(C(=O)NC3C4CCCC3CC(N)C4)CC2=O)cc1. The molecule has 0 radical (unpaired) electrons. The lowest BCUT2D eigenvalue weighted by Gasteiger charge is -2.45. The van der Waals surface area contributed by atoms with Crippen LogP contribution in [0.15, 0.2) is 24.3 Å². The van der Waals surface area contributed by atoms with Crippen LogP contribution in [-0.2, 0) is 9.59 Å². The van der Waals surface area contributed by atoms with Crippen molar-refractivity contribution in [3.8, 4) is 5.75 Å². The van der Waals surface area contributed by atoms with Gasteiger partial charge in [0.05, 0.1) is 13.0 Å². The van der Waals surface area contributed by atoms with E-state index in [1.165, 1.54) is 6.42 Å². The number of carbonyl (C=O) groups is 2. The second kappa shape index (κ2) is 7.50. The molecule has 1 aliphatic heterocycles. The van der Waals surface area contributed by atoms with Crippen molar-refractivity contribution in [1.29, 1.82) is 0 Å². The Hall–Kier alpha value is -2.08. The smallest absolute Gasteiger partial charge is 0.227 e. The minimum absolute atomic E-state index is 0.00572. The topological polar surface area (TPSA) is 84.7 Å². The third-order valence-electron chi connectivity index (χ3n) is 6.57. The van der Waals surface area contributed by atoms with Gasteiger partial charge in [-0.1, -0.05) is 6.42 Å². The molecule has 6 nitrogen and oxygen atoms in total. The van der Waals surface area contributed by atoms with Gasteiger partial charge in [-0.15, -0.1) is 0 Å². The average molecular weight is 371 g/mol. The Morgan fingerprint density at radius 2 is 1.85 bits per heavy atom. The van der Waals surface area contributed by atoms with Gasteiger partial charge in [-0.05, 0) is 61.8 Å². The summed E-state index contributed by atoms with van der Waals surface area (Å²) >= 11 is 0. The highest BCUT2D eigenvalue weighted by Gasteiger charge is 2.42. The molecule has 2 bridgehead atoms. The Balaban J connectivity index is 1.40. The van der Waals surface area contributed by atoms with E-state index in [4.69, 9.17) is 10.5 Å². The molecule has 3 atom stereocenters. The predicted molar refractivity (Wildman–Crippen MR) is 103 cm³/mol. The molecule has 1 aromatic rings. The zero-order valence-electron chi connectivity index (χ0n) is 15.9. The number of nitrogens with zero attached hydrogens (tertiary/aromatic N) is 1. The van der Waals surface area contributed by atoms with E-state index < -0.39 is 0 Å². The van der Waals surface area contributed by atoms with Crippen LogP contribution in [-0.4, -0.2) is 37.6 Å². The number of fused-ring (bicyclic) bond motifs is 2. The van der Waals surface area contributed by atoms with E-state index in [1.807, 2.05) is 24.3 Å². The zero-order chi connectivity index (χ0) is 19.0. The molecular weight excluding hydrogens is 342 g/mol. The number of nitrogens with one attached hydrogen (secondary N) is 1.